The van der Waals surface area contributed by atoms with Crippen LogP contribution in [0, 0.1) is 12.1 Å². The summed E-state index contributed by atoms with van der Waals surface area (Å²) in [6.45, 7) is 4.38. The predicted molar refractivity (Wildman–Crippen MR) is 216 cm³/mol. The maximum absolute atomic E-state index is 8.28. The topological polar surface area (TPSA) is 39.1 Å². The Morgan fingerprint density at radius 2 is 1.46 bits per heavy atom. The summed E-state index contributed by atoms with van der Waals surface area (Å²) in [7, 11) is 0. The first kappa shape index (κ1) is 28.7. The Morgan fingerprint density at radius 1 is 0.704 bits per heavy atom. The van der Waals surface area contributed by atoms with Crippen LogP contribution in [0.4, 0.5) is 17.1 Å². The molecule has 0 bridgehead atoms. The fourth-order valence-corrected chi connectivity index (χ4v) is 9.17. The second-order valence-electron chi connectivity index (χ2n) is 15.0. The van der Waals surface area contributed by atoms with Crippen LogP contribution in [0.2, 0.25) is 0 Å². The first-order valence-electron chi connectivity index (χ1n) is 19.5. The first-order chi connectivity index (χ1) is 27.5. The summed E-state index contributed by atoms with van der Waals surface area (Å²) in [5.74, 6) is 1.82. The average Bonchev–Trinajstić information content (AvgIpc) is 3.90. The normalized spacial score (nSPS) is 15.9. The second kappa shape index (κ2) is 11.3. The molecule has 4 aromatic heterocycles. The fourth-order valence-electron chi connectivity index (χ4n) is 8.31. The molecular formula is C47H34N5OPt-. The van der Waals surface area contributed by atoms with Crippen LogP contribution in [0.15, 0.2) is 128 Å². The van der Waals surface area contributed by atoms with Gasteiger partial charge in [-0.15, -0.1) is 0 Å². The number of quaternary nitrogens is 1. The Kier molecular flexibility index (Phi) is 6.02. The van der Waals surface area contributed by atoms with E-state index in [1.165, 1.54) is 38.1 Å². The van der Waals surface area contributed by atoms with E-state index in [1.54, 1.807) is 0 Å². The number of para-hydroxylation sites is 4. The van der Waals surface area contributed by atoms with E-state index in [0.717, 1.165) is 38.8 Å². The molecule has 264 valence electrons. The van der Waals surface area contributed by atoms with Gasteiger partial charge in [0, 0.05) is 27.7 Å². The number of anilines is 2. The van der Waals surface area contributed by atoms with Crippen molar-refractivity contribution in [2.24, 2.45) is 0 Å². The molecule has 1 atom stereocenters. The number of pyridine rings is 1. The van der Waals surface area contributed by atoms with E-state index in [1.807, 2.05) is 59.6 Å². The molecule has 7 heteroatoms. The minimum absolute atomic E-state index is 0.0823. The molecular weight excluding hydrogens is 846 g/mol. The summed E-state index contributed by atoms with van der Waals surface area (Å²) in [5, 5.41) is 7.07. The van der Waals surface area contributed by atoms with Crippen LogP contribution in [0.25, 0.3) is 65.7 Å². The number of hydrogen-bond acceptors (Lipinski definition) is 3. The summed E-state index contributed by atoms with van der Waals surface area (Å²) in [6, 6.07) is 48.6. The van der Waals surface area contributed by atoms with E-state index in [9.17, 15) is 0 Å². The van der Waals surface area contributed by atoms with Gasteiger partial charge in [0.05, 0.1) is 16.6 Å². The Balaban J connectivity index is 1.09. The van der Waals surface area contributed by atoms with Gasteiger partial charge >= 0.3 is 200 Å². The van der Waals surface area contributed by atoms with Crippen molar-refractivity contribution in [1.29, 1.82) is 0 Å². The standard InChI is InChI=1S/C47H34N5O.Pt/c1-47(2,3)29-21-22-48-45(23-29)51-42-25-32(53-31-12-9-11-30(24-31)50-28-49(4)40-17-7-8-18-41(40)50)19-20-34(42)37-26-38-36-15-10-14-35-33-13-5-6-16-39(33)52(46(35)36)44(38)27-43(37)51;/h5-23,26-27,49H,1-4H3;/q-1;/i4D3;. The van der Waals surface area contributed by atoms with Crippen molar-refractivity contribution in [2.75, 3.05) is 11.9 Å². The molecule has 5 heterocycles. The Labute approximate surface area is 327 Å². The van der Waals surface area contributed by atoms with Gasteiger partial charge in [0.25, 0.3) is 0 Å². The van der Waals surface area contributed by atoms with Crippen LogP contribution in [-0.4, -0.2) is 25.1 Å². The van der Waals surface area contributed by atoms with Gasteiger partial charge in [0.15, 0.2) is 0 Å². The van der Waals surface area contributed by atoms with E-state index in [4.69, 9.17) is 13.8 Å². The van der Waals surface area contributed by atoms with Crippen LogP contribution in [0.5, 0.6) is 11.5 Å². The van der Waals surface area contributed by atoms with E-state index in [-0.39, 0.29) is 5.41 Å². The molecule has 0 saturated carbocycles. The van der Waals surface area contributed by atoms with Gasteiger partial charge in [-0.05, 0) is 23.1 Å². The molecule has 54 heavy (non-hydrogen) atoms. The molecule has 0 saturated heterocycles. The zero-order valence-corrected chi connectivity index (χ0v) is 31.9. The van der Waals surface area contributed by atoms with Gasteiger partial charge in [-0.25, -0.2) is 0 Å². The van der Waals surface area contributed by atoms with Crippen LogP contribution in [0.1, 0.15) is 30.4 Å². The number of rotatable bonds is 4. The van der Waals surface area contributed by atoms with Gasteiger partial charge in [0.1, 0.15) is 0 Å². The number of ether oxygens (including phenoxy) is 1. The average molecular weight is 883 g/mol. The predicted octanol–water partition coefficient (Wildman–Crippen LogP) is 9.95. The zero-order valence-electron chi connectivity index (χ0n) is 32.6. The van der Waals surface area contributed by atoms with Crippen LogP contribution < -0.4 is 14.5 Å². The number of hydrogen-bond donors (Lipinski definition) is 1. The molecule has 0 radical (unpaired) electrons. The number of aromatic nitrogens is 3. The summed E-state index contributed by atoms with van der Waals surface area (Å²) in [4.78, 5) is 7.23. The molecule has 10 aromatic rings. The van der Waals surface area contributed by atoms with E-state index in [2.05, 4.69) is 134 Å². The monoisotopic (exact) mass is 882 g/mol. The van der Waals surface area contributed by atoms with Crippen molar-refractivity contribution < 1.29 is 33.1 Å². The van der Waals surface area contributed by atoms with Crippen LogP contribution >= 0.6 is 0 Å². The van der Waals surface area contributed by atoms with Gasteiger partial charge in [-0.1, -0.05) is 57.2 Å². The third-order valence-corrected chi connectivity index (χ3v) is 11.9. The van der Waals surface area contributed by atoms with E-state index < -0.39 is 6.98 Å². The summed E-state index contributed by atoms with van der Waals surface area (Å²) in [6.07, 6.45) is 1.89. The zero-order chi connectivity index (χ0) is 39.0. The molecule has 11 rings (SSSR count). The Hall–Kier alpha value is -5.81. The van der Waals surface area contributed by atoms with Crippen molar-refractivity contribution in [2.45, 2.75) is 26.2 Å². The molecule has 6 aromatic carbocycles. The van der Waals surface area contributed by atoms with Crippen LogP contribution in [-0.2, 0) is 24.8 Å². The summed E-state index contributed by atoms with van der Waals surface area (Å²) >= 11 is 2.11. The van der Waals surface area contributed by atoms with Crippen molar-refractivity contribution in [1.82, 2.24) is 14.0 Å². The van der Waals surface area contributed by atoms with E-state index in [0.29, 0.717) is 31.9 Å². The first-order valence-corrected chi connectivity index (χ1v) is 19.1. The van der Waals surface area contributed by atoms with Crippen molar-refractivity contribution in [3.8, 4) is 17.3 Å². The summed E-state index contributed by atoms with van der Waals surface area (Å²) in [5.41, 5.74) is 8.73. The molecule has 0 spiro atoms. The molecule has 0 aliphatic carbocycles. The Morgan fingerprint density at radius 3 is 2.33 bits per heavy atom. The van der Waals surface area contributed by atoms with Gasteiger partial charge in [-0.2, -0.15) is 0 Å². The van der Waals surface area contributed by atoms with Gasteiger partial charge < -0.3 is 4.40 Å². The van der Waals surface area contributed by atoms with Crippen molar-refractivity contribution in [3.05, 3.63) is 145 Å². The molecule has 6 nitrogen and oxygen atoms in total. The number of fused-ring (bicyclic) bond motifs is 10. The van der Waals surface area contributed by atoms with Gasteiger partial charge in [-0.3, -0.25) is 0 Å². The molecule has 1 N–H and O–H groups in total. The van der Waals surface area contributed by atoms with Gasteiger partial charge in [0.2, 0.25) is 0 Å². The Bertz CT molecular complexity index is 3300. The fraction of sp³-hybridized carbons (Fsp3) is 0.106. The number of benzene rings is 6. The van der Waals surface area contributed by atoms with Crippen molar-refractivity contribution >= 4 is 81.1 Å². The molecule has 0 amide bonds. The van der Waals surface area contributed by atoms with E-state index >= 15 is 0 Å². The SMILES string of the molecule is [2H]C([2H])([2H])[NH+]1[C](=[Pt])N(c2[c-]c(Oc3[c-]c4c(cc3)c3cc5c6cccc7c8ccccc8n(c5cc3n4-c3cc(C(C)(C)C)ccn3)c76)ccc2)c2ccccc21. The minimum atomic E-state index is -2.27. The second-order valence-corrected chi connectivity index (χ2v) is 16.1. The molecule has 1 aliphatic rings. The summed E-state index contributed by atoms with van der Waals surface area (Å²) < 4.78 is 36.6. The third kappa shape index (κ3) is 4.47. The van der Waals surface area contributed by atoms with Crippen LogP contribution in [0.3, 0.4) is 0 Å². The third-order valence-electron chi connectivity index (χ3n) is 10.8. The number of nitrogens with zero attached hydrogens (tertiary/aromatic N) is 4. The molecule has 1 unspecified atom stereocenters. The van der Waals surface area contributed by atoms with Crippen molar-refractivity contribution in [3.63, 3.8) is 0 Å². The quantitative estimate of drug-likeness (QED) is 0.179. The maximum atomic E-state index is 8.28. The number of nitrogens with one attached hydrogen (secondary N) is 1. The molecule has 0 fully saturated rings. The molecule has 1 aliphatic heterocycles.